The molecule has 1 amide bonds. The Balaban J connectivity index is 2.19. The summed E-state index contributed by atoms with van der Waals surface area (Å²) < 4.78 is 1.64. The van der Waals surface area contributed by atoms with Crippen LogP contribution in [0, 0.1) is 17.0 Å². The number of aryl methyl sites for hydroxylation is 2. The predicted octanol–water partition coefficient (Wildman–Crippen LogP) is 1.15. The van der Waals surface area contributed by atoms with Crippen LogP contribution < -0.4 is 11.1 Å². The lowest BCUT2D eigenvalue weighted by Gasteiger charge is -2.06. The van der Waals surface area contributed by atoms with E-state index in [0.29, 0.717) is 5.69 Å². The van der Waals surface area contributed by atoms with Crippen LogP contribution in [-0.2, 0) is 13.6 Å². The maximum absolute atomic E-state index is 12.1. The number of nitro groups is 1. The van der Waals surface area contributed by atoms with Crippen LogP contribution in [0.1, 0.15) is 21.6 Å². The first kappa shape index (κ1) is 14.5. The van der Waals surface area contributed by atoms with Gasteiger partial charge < -0.3 is 11.1 Å². The van der Waals surface area contributed by atoms with Crippen molar-refractivity contribution in [2.75, 3.05) is 5.73 Å². The molecule has 0 saturated heterocycles. The highest BCUT2D eigenvalue weighted by atomic mass is 16.6. The summed E-state index contributed by atoms with van der Waals surface area (Å²) >= 11 is 0. The smallest absolute Gasteiger partial charge is 0.282 e. The molecule has 21 heavy (non-hydrogen) atoms. The zero-order valence-electron chi connectivity index (χ0n) is 11.7. The van der Waals surface area contributed by atoms with Crippen molar-refractivity contribution in [3.8, 4) is 0 Å². The Morgan fingerprint density at radius 2 is 2.24 bits per heavy atom. The molecule has 0 atom stereocenters. The number of benzene rings is 1. The van der Waals surface area contributed by atoms with E-state index < -0.39 is 10.8 Å². The average Bonchev–Trinajstić information content (AvgIpc) is 2.73. The van der Waals surface area contributed by atoms with Crippen molar-refractivity contribution in [3.05, 3.63) is 51.3 Å². The highest BCUT2D eigenvalue weighted by Gasteiger charge is 2.20. The number of hydrogen-bond acceptors (Lipinski definition) is 5. The Hall–Kier alpha value is -2.90. The Bertz CT molecular complexity index is 708. The molecule has 3 N–H and O–H groups in total. The fourth-order valence-corrected chi connectivity index (χ4v) is 1.99. The van der Waals surface area contributed by atoms with Gasteiger partial charge in [-0.1, -0.05) is 0 Å². The molecular weight excluding hydrogens is 274 g/mol. The number of nitrogens with one attached hydrogen (secondary N) is 1. The summed E-state index contributed by atoms with van der Waals surface area (Å²) in [6, 6.07) is 3.91. The molecule has 1 aromatic heterocycles. The van der Waals surface area contributed by atoms with E-state index in [0.717, 1.165) is 11.3 Å². The molecule has 2 aromatic rings. The molecule has 0 fully saturated rings. The fraction of sp³-hybridized carbons (Fsp3) is 0.231. The summed E-state index contributed by atoms with van der Waals surface area (Å²) in [5, 5.41) is 17.7. The number of rotatable bonds is 4. The molecule has 0 unspecified atom stereocenters. The van der Waals surface area contributed by atoms with Gasteiger partial charge in [0.1, 0.15) is 5.56 Å². The van der Waals surface area contributed by atoms with E-state index in [1.54, 1.807) is 17.9 Å². The van der Waals surface area contributed by atoms with E-state index in [2.05, 4.69) is 10.4 Å². The highest BCUT2D eigenvalue weighted by molar-refractivity contribution is 5.99. The molecule has 0 radical (unpaired) electrons. The van der Waals surface area contributed by atoms with Crippen LogP contribution in [0.15, 0.2) is 24.4 Å². The Morgan fingerprint density at radius 3 is 2.81 bits per heavy atom. The van der Waals surface area contributed by atoms with Crippen molar-refractivity contribution < 1.29 is 9.72 Å². The predicted molar refractivity (Wildman–Crippen MR) is 76.6 cm³/mol. The normalized spacial score (nSPS) is 10.4. The van der Waals surface area contributed by atoms with Gasteiger partial charge in [0.25, 0.3) is 11.6 Å². The molecule has 2 rings (SSSR count). The fourth-order valence-electron chi connectivity index (χ4n) is 1.99. The number of anilines is 1. The van der Waals surface area contributed by atoms with E-state index in [1.165, 1.54) is 18.2 Å². The van der Waals surface area contributed by atoms with Crippen LogP contribution in [-0.4, -0.2) is 20.6 Å². The van der Waals surface area contributed by atoms with Gasteiger partial charge in [-0.3, -0.25) is 19.6 Å². The molecule has 0 spiro atoms. The minimum absolute atomic E-state index is 0.0541. The Labute approximate surface area is 120 Å². The molecule has 0 saturated carbocycles. The van der Waals surface area contributed by atoms with Crippen LogP contribution in [0.2, 0.25) is 0 Å². The molecule has 8 heteroatoms. The maximum atomic E-state index is 12.1. The number of nitrogens with two attached hydrogens (primary N) is 1. The number of carbonyl (C=O) groups is 1. The third-order valence-electron chi connectivity index (χ3n) is 3.02. The first-order valence-electron chi connectivity index (χ1n) is 6.19. The lowest BCUT2D eigenvalue weighted by atomic mass is 10.1. The topological polar surface area (TPSA) is 116 Å². The van der Waals surface area contributed by atoms with Gasteiger partial charge in [-0.2, -0.15) is 5.10 Å². The first-order chi connectivity index (χ1) is 9.88. The number of aromatic nitrogens is 2. The Morgan fingerprint density at radius 1 is 1.52 bits per heavy atom. The van der Waals surface area contributed by atoms with E-state index in [1.807, 2.05) is 6.92 Å². The second-order valence-corrected chi connectivity index (χ2v) is 4.63. The lowest BCUT2D eigenvalue weighted by molar-refractivity contribution is -0.385. The third kappa shape index (κ3) is 3.16. The largest absolute Gasteiger partial charge is 0.399 e. The van der Waals surface area contributed by atoms with Gasteiger partial charge in [0.05, 0.1) is 10.6 Å². The zero-order valence-corrected chi connectivity index (χ0v) is 11.7. The summed E-state index contributed by atoms with van der Waals surface area (Å²) in [6.45, 7) is 2.06. The van der Waals surface area contributed by atoms with Gasteiger partial charge in [0.15, 0.2) is 0 Å². The van der Waals surface area contributed by atoms with Gasteiger partial charge in [-0.15, -0.1) is 0 Å². The second kappa shape index (κ2) is 5.61. The van der Waals surface area contributed by atoms with Gasteiger partial charge in [0.2, 0.25) is 0 Å². The van der Waals surface area contributed by atoms with E-state index in [-0.39, 0.29) is 17.8 Å². The van der Waals surface area contributed by atoms with E-state index in [4.69, 9.17) is 5.73 Å². The average molecular weight is 289 g/mol. The van der Waals surface area contributed by atoms with Gasteiger partial charge >= 0.3 is 0 Å². The second-order valence-electron chi connectivity index (χ2n) is 4.63. The molecule has 0 aliphatic heterocycles. The van der Waals surface area contributed by atoms with Crippen LogP contribution >= 0.6 is 0 Å². The number of hydrogen-bond donors (Lipinski definition) is 2. The van der Waals surface area contributed by atoms with Crippen molar-refractivity contribution >= 4 is 17.3 Å². The minimum atomic E-state index is -0.607. The van der Waals surface area contributed by atoms with E-state index >= 15 is 0 Å². The molecule has 0 aliphatic rings. The quantitative estimate of drug-likeness (QED) is 0.497. The molecule has 1 heterocycles. The molecule has 0 aliphatic carbocycles. The zero-order chi connectivity index (χ0) is 15.6. The summed E-state index contributed by atoms with van der Waals surface area (Å²) in [5.74, 6) is -0.544. The van der Waals surface area contributed by atoms with Crippen molar-refractivity contribution in [2.24, 2.45) is 7.05 Å². The SMILES string of the molecule is Cc1nn(C)cc1CNC(=O)c1cc(N)ccc1[N+](=O)[O-]. The number of nitrogen functional groups attached to an aromatic ring is 1. The summed E-state index contributed by atoms with van der Waals surface area (Å²) in [6.07, 6.45) is 1.78. The maximum Gasteiger partial charge on any atom is 0.282 e. The molecule has 8 nitrogen and oxygen atoms in total. The minimum Gasteiger partial charge on any atom is -0.399 e. The number of amides is 1. The van der Waals surface area contributed by atoms with Crippen LogP contribution in [0.4, 0.5) is 11.4 Å². The Kier molecular flexibility index (Phi) is 3.88. The summed E-state index contributed by atoms with van der Waals surface area (Å²) in [5.41, 5.74) is 7.19. The lowest BCUT2D eigenvalue weighted by Crippen LogP contribution is -2.24. The van der Waals surface area contributed by atoms with Crippen LogP contribution in [0.5, 0.6) is 0 Å². The number of carbonyl (C=O) groups excluding carboxylic acids is 1. The van der Waals surface area contributed by atoms with Crippen LogP contribution in [0.25, 0.3) is 0 Å². The number of nitrogens with zero attached hydrogens (tertiary/aromatic N) is 3. The van der Waals surface area contributed by atoms with Crippen molar-refractivity contribution in [1.82, 2.24) is 15.1 Å². The van der Waals surface area contributed by atoms with Gasteiger partial charge in [0, 0.05) is 37.1 Å². The van der Waals surface area contributed by atoms with Crippen LogP contribution in [0.3, 0.4) is 0 Å². The standard InChI is InChI=1S/C13H15N5O3/c1-8-9(7-17(2)16-8)6-15-13(19)11-5-10(14)3-4-12(11)18(20)21/h3-5,7H,6,14H2,1-2H3,(H,15,19). The summed E-state index contributed by atoms with van der Waals surface area (Å²) in [4.78, 5) is 22.4. The van der Waals surface area contributed by atoms with Gasteiger partial charge in [-0.25, -0.2) is 0 Å². The molecule has 1 aromatic carbocycles. The third-order valence-corrected chi connectivity index (χ3v) is 3.02. The van der Waals surface area contributed by atoms with Crippen molar-refractivity contribution in [1.29, 1.82) is 0 Å². The highest BCUT2D eigenvalue weighted by Crippen LogP contribution is 2.21. The molecular formula is C13H15N5O3. The first-order valence-corrected chi connectivity index (χ1v) is 6.19. The monoisotopic (exact) mass is 289 g/mol. The molecule has 0 bridgehead atoms. The van der Waals surface area contributed by atoms with E-state index in [9.17, 15) is 14.9 Å². The molecule has 110 valence electrons. The number of nitro benzene ring substituents is 1. The van der Waals surface area contributed by atoms with Crippen molar-refractivity contribution in [2.45, 2.75) is 13.5 Å². The summed E-state index contributed by atoms with van der Waals surface area (Å²) in [7, 11) is 1.78. The van der Waals surface area contributed by atoms with Crippen molar-refractivity contribution in [3.63, 3.8) is 0 Å². The van der Waals surface area contributed by atoms with Gasteiger partial charge in [-0.05, 0) is 19.1 Å².